The third-order valence-corrected chi connectivity index (χ3v) is 5.65. The Kier molecular flexibility index (Phi) is 8.82. The van der Waals surface area contributed by atoms with Crippen LogP contribution in [0.25, 0.3) is 0 Å². The van der Waals surface area contributed by atoms with Gasteiger partial charge in [0.05, 0.1) is 12.8 Å². The fourth-order valence-electron chi connectivity index (χ4n) is 4.00. The Morgan fingerprint density at radius 1 is 0.966 bits per heavy atom. The van der Waals surface area contributed by atoms with Gasteiger partial charge in [0, 0.05) is 58.3 Å². The smallest absolute Gasteiger partial charge is 0.191 e. The lowest BCUT2D eigenvalue weighted by molar-refractivity contribution is 0.0174. The van der Waals surface area contributed by atoms with Gasteiger partial charge in [0.25, 0.3) is 0 Å². The molecule has 4 heterocycles. The molecule has 158 valence electrons. The molecule has 3 saturated heterocycles. The molecule has 1 atom stereocenters. The minimum atomic E-state index is 0. The molecule has 1 unspecified atom stereocenters. The maximum atomic E-state index is 5.43. The van der Waals surface area contributed by atoms with Crippen molar-refractivity contribution in [2.24, 2.45) is 4.99 Å². The van der Waals surface area contributed by atoms with Crippen LogP contribution in [-0.4, -0.2) is 74.2 Å². The molecule has 29 heavy (non-hydrogen) atoms. The highest BCUT2D eigenvalue weighted by Gasteiger charge is 2.31. The number of aliphatic imine (C=N–C) groups is 1. The van der Waals surface area contributed by atoms with Crippen LogP contribution < -0.4 is 10.6 Å². The number of nitrogens with zero attached hydrogens (tertiary/aromatic N) is 3. The number of guanidine groups is 1. The highest BCUT2D eigenvalue weighted by molar-refractivity contribution is 14.0. The maximum absolute atomic E-state index is 5.43. The molecule has 1 aromatic carbocycles. The summed E-state index contributed by atoms with van der Waals surface area (Å²) in [6.07, 6.45) is 3.57. The van der Waals surface area contributed by atoms with E-state index in [1.165, 1.54) is 31.7 Å². The van der Waals surface area contributed by atoms with Crippen molar-refractivity contribution in [1.29, 1.82) is 0 Å². The van der Waals surface area contributed by atoms with Crippen molar-refractivity contribution >= 4 is 29.9 Å². The molecule has 3 aliphatic heterocycles. The van der Waals surface area contributed by atoms with E-state index in [9.17, 15) is 0 Å². The normalized spacial score (nSPS) is 23.4. The summed E-state index contributed by atoms with van der Waals surface area (Å²) in [5.74, 6) is 1.90. The number of halogens is 1. The summed E-state index contributed by atoms with van der Waals surface area (Å²) in [5, 5.41) is 6.98. The number of rotatable bonds is 8. The second kappa shape index (κ2) is 11.6. The number of hydrogen-bond acceptors (Lipinski definition) is 4. The Hall–Kier alpha value is -1.58. The Morgan fingerprint density at radius 3 is 2.38 bits per heavy atom. The lowest BCUT2D eigenvalue weighted by atomic mass is 10.1. The quantitative estimate of drug-likeness (QED) is 0.325. The van der Waals surface area contributed by atoms with Gasteiger partial charge in [-0.25, -0.2) is 0 Å². The van der Waals surface area contributed by atoms with Gasteiger partial charge in [-0.15, -0.1) is 24.0 Å². The van der Waals surface area contributed by atoms with Gasteiger partial charge in [0.1, 0.15) is 5.76 Å². The van der Waals surface area contributed by atoms with E-state index in [0.29, 0.717) is 6.04 Å². The van der Waals surface area contributed by atoms with Gasteiger partial charge in [0.2, 0.25) is 0 Å². The first-order valence-electron chi connectivity index (χ1n) is 10.4. The van der Waals surface area contributed by atoms with E-state index < -0.39 is 0 Å². The van der Waals surface area contributed by atoms with Gasteiger partial charge in [-0.2, -0.15) is 0 Å². The van der Waals surface area contributed by atoms with Gasteiger partial charge in [0.15, 0.2) is 5.96 Å². The van der Waals surface area contributed by atoms with Gasteiger partial charge in [-0.1, -0.05) is 30.3 Å². The summed E-state index contributed by atoms with van der Waals surface area (Å²) in [4.78, 5) is 10.1. The minimum absolute atomic E-state index is 0. The van der Waals surface area contributed by atoms with Crippen molar-refractivity contribution in [3.63, 3.8) is 0 Å². The molecule has 0 aliphatic carbocycles. The second-order valence-electron chi connectivity index (χ2n) is 7.60. The van der Waals surface area contributed by atoms with E-state index in [-0.39, 0.29) is 24.0 Å². The third kappa shape index (κ3) is 6.72. The van der Waals surface area contributed by atoms with Crippen LogP contribution in [0.2, 0.25) is 0 Å². The molecule has 2 bridgehead atoms. The Balaban J connectivity index is 0.00000240. The zero-order valence-electron chi connectivity index (χ0n) is 16.9. The summed E-state index contributed by atoms with van der Waals surface area (Å²) in [5.41, 5.74) is 1.34. The first-order chi connectivity index (χ1) is 13.9. The van der Waals surface area contributed by atoms with Crippen molar-refractivity contribution in [2.45, 2.75) is 18.9 Å². The molecule has 2 aromatic rings. The molecule has 7 heteroatoms. The minimum Gasteiger partial charge on any atom is -0.469 e. The van der Waals surface area contributed by atoms with Crippen LogP contribution in [-0.2, 0) is 12.8 Å². The molecule has 5 rings (SSSR count). The van der Waals surface area contributed by atoms with Gasteiger partial charge < -0.3 is 15.1 Å². The van der Waals surface area contributed by atoms with Crippen LogP contribution >= 0.6 is 24.0 Å². The molecule has 0 amide bonds. The van der Waals surface area contributed by atoms with Gasteiger partial charge in [-0.3, -0.25) is 14.8 Å². The van der Waals surface area contributed by atoms with Crippen LogP contribution in [0.3, 0.4) is 0 Å². The molecule has 0 radical (unpaired) electrons. The number of hydrogen-bond donors (Lipinski definition) is 2. The molecule has 6 nitrogen and oxygen atoms in total. The summed E-state index contributed by atoms with van der Waals surface area (Å²) in [6, 6.07) is 15.1. The fraction of sp³-hybridized carbons (Fsp3) is 0.500. The topological polar surface area (TPSA) is 56.0 Å². The molecule has 0 spiro atoms. The molecule has 1 aromatic heterocycles. The standard InChI is InChI=1S/C22H31N5O.HI/c1-2-5-19(6-3-1)8-10-23-22(24-11-9-21-7-4-16-28-21)25-17-20-18-26-12-14-27(20)15-13-26;/h1-7,16,20H,8-15,17-18H2,(H2,23,24,25);1H. The van der Waals surface area contributed by atoms with Crippen molar-refractivity contribution < 1.29 is 4.42 Å². The van der Waals surface area contributed by atoms with E-state index in [4.69, 9.17) is 9.41 Å². The molecule has 3 fully saturated rings. The summed E-state index contributed by atoms with van der Waals surface area (Å²) in [7, 11) is 0. The van der Waals surface area contributed by atoms with E-state index in [2.05, 4.69) is 50.8 Å². The van der Waals surface area contributed by atoms with Crippen molar-refractivity contribution in [3.8, 4) is 0 Å². The van der Waals surface area contributed by atoms with Crippen LogP contribution in [0.1, 0.15) is 11.3 Å². The SMILES string of the molecule is I.c1ccc(CCNC(=NCC2CN3CCN2CC3)NCCc2ccco2)cc1. The average molecular weight is 509 g/mol. The molecular formula is C22H32IN5O. The summed E-state index contributed by atoms with van der Waals surface area (Å²) in [6.45, 7) is 8.47. The van der Waals surface area contributed by atoms with E-state index in [1.54, 1.807) is 6.26 Å². The number of benzene rings is 1. The van der Waals surface area contributed by atoms with Crippen molar-refractivity contribution in [3.05, 3.63) is 60.1 Å². The lowest BCUT2D eigenvalue weighted by Gasteiger charge is -2.47. The van der Waals surface area contributed by atoms with E-state index >= 15 is 0 Å². The largest absolute Gasteiger partial charge is 0.469 e. The number of nitrogens with one attached hydrogen (secondary N) is 2. The third-order valence-electron chi connectivity index (χ3n) is 5.65. The Bertz CT molecular complexity index is 729. The fourth-order valence-corrected chi connectivity index (χ4v) is 4.00. The van der Waals surface area contributed by atoms with Crippen molar-refractivity contribution in [1.82, 2.24) is 20.4 Å². The highest BCUT2D eigenvalue weighted by Crippen LogP contribution is 2.15. The maximum Gasteiger partial charge on any atom is 0.191 e. The van der Waals surface area contributed by atoms with Crippen LogP contribution in [0.15, 0.2) is 58.1 Å². The van der Waals surface area contributed by atoms with Crippen molar-refractivity contribution in [2.75, 3.05) is 52.4 Å². The van der Waals surface area contributed by atoms with E-state index in [1.807, 2.05) is 12.1 Å². The summed E-state index contributed by atoms with van der Waals surface area (Å²) < 4.78 is 5.43. The van der Waals surface area contributed by atoms with E-state index in [0.717, 1.165) is 50.7 Å². The Morgan fingerprint density at radius 2 is 1.72 bits per heavy atom. The lowest BCUT2D eigenvalue weighted by Crippen LogP contribution is -2.62. The van der Waals surface area contributed by atoms with Crippen LogP contribution in [0.5, 0.6) is 0 Å². The predicted molar refractivity (Wildman–Crippen MR) is 128 cm³/mol. The second-order valence-corrected chi connectivity index (χ2v) is 7.60. The first-order valence-corrected chi connectivity index (χ1v) is 10.4. The van der Waals surface area contributed by atoms with Crippen LogP contribution in [0.4, 0.5) is 0 Å². The summed E-state index contributed by atoms with van der Waals surface area (Å²) >= 11 is 0. The molecule has 0 saturated carbocycles. The highest BCUT2D eigenvalue weighted by atomic mass is 127. The zero-order valence-corrected chi connectivity index (χ0v) is 19.3. The molecular weight excluding hydrogens is 477 g/mol. The number of fused-ring (bicyclic) bond motifs is 3. The monoisotopic (exact) mass is 509 g/mol. The predicted octanol–water partition coefficient (Wildman–Crippen LogP) is 2.22. The first kappa shape index (κ1) is 22.1. The molecule has 2 N–H and O–H groups in total. The molecule has 3 aliphatic rings. The van der Waals surface area contributed by atoms with Gasteiger partial charge >= 0.3 is 0 Å². The van der Waals surface area contributed by atoms with Crippen LogP contribution in [0, 0.1) is 0 Å². The van der Waals surface area contributed by atoms with Gasteiger partial charge in [-0.05, 0) is 24.1 Å². The number of piperazine rings is 3. The Labute approximate surface area is 190 Å². The number of furan rings is 1. The zero-order chi connectivity index (χ0) is 19.0. The average Bonchev–Trinajstić information content (AvgIpc) is 3.27.